The summed E-state index contributed by atoms with van der Waals surface area (Å²) in [4.78, 5) is 40.2. The van der Waals surface area contributed by atoms with Crippen molar-refractivity contribution in [2.75, 3.05) is 31.5 Å². The summed E-state index contributed by atoms with van der Waals surface area (Å²) in [7, 11) is 0. The first-order valence-corrected chi connectivity index (χ1v) is 10.7. The van der Waals surface area contributed by atoms with E-state index < -0.39 is 0 Å². The van der Waals surface area contributed by atoms with E-state index in [1.165, 1.54) is 19.8 Å². The van der Waals surface area contributed by atoms with Gasteiger partial charge in [-0.1, -0.05) is 25.0 Å². The van der Waals surface area contributed by atoms with Gasteiger partial charge in [0.2, 0.25) is 17.7 Å². The van der Waals surface area contributed by atoms with Crippen LogP contribution in [0.1, 0.15) is 51.0 Å². The van der Waals surface area contributed by atoms with Crippen LogP contribution in [-0.4, -0.2) is 53.7 Å². The van der Waals surface area contributed by atoms with Crippen LogP contribution < -0.4 is 5.32 Å². The highest BCUT2D eigenvalue weighted by Gasteiger charge is 2.29. The van der Waals surface area contributed by atoms with E-state index in [0.29, 0.717) is 13.1 Å². The number of carbonyl (C=O) groups is 3. The SMILES string of the molecule is CC(=O)Nc1ccc(/C=C/C(=O)N2CCC(C(=O)N3CCCCCC3)CC2)cc1. The molecule has 2 aliphatic rings. The van der Waals surface area contributed by atoms with Crippen LogP contribution in [0.5, 0.6) is 0 Å². The summed E-state index contributed by atoms with van der Waals surface area (Å²) in [6.07, 6.45) is 9.54. The molecule has 0 aliphatic carbocycles. The Morgan fingerprint density at radius 1 is 0.897 bits per heavy atom. The van der Waals surface area contributed by atoms with Gasteiger partial charge in [-0.15, -0.1) is 0 Å². The Kier molecular flexibility index (Phi) is 7.44. The minimum Gasteiger partial charge on any atom is -0.342 e. The topological polar surface area (TPSA) is 69.7 Å². The van der Waals surface area contributed by atoms with Gasteiger partial charge >= 0.3 is 0 Å². The van der Waals surface area contributed by atoms with Crippen LogP contribution in [0.4, 0.5) is 5.69 Å². The zero-order valence-corrected chi connectivity index (χ0v) is 17.2. The van der Waals surface area contributed by atoms with Gasteiger partial charge < -0.3 is 15.1 Å². The fourth-order valence-corrected chi connectivity index (χ4v) is 4.05. The lowest BCUT2D eigenvalue weighted by Gasteiger charge is -2.33. The number of amides is 3. The van der Waals surface area contributed by atoms with E-state index in [-0.39, 0.29) is 23.6 Å². The van der Waals surface area contributed by atoms with E-state index in [9.17, 15) is 14.4 Å². The monoisotopic (exact) mass is 397 g/mol. The maximum absolute atomic E-state index is 12.8. The van der Waals surface area contributed by atoms with Gasteiger partial charge in [0.05, 0.1) is 0 Å². The van der Waals surface area contributed by atoms with E-state index in [2.05, 4.69) is 5.32 Å². The maximum atomic E-state index is 12.8. The number of hydrogen-bond donors (Lipinski definition) is 1. The lowest BCUT2D eigenvalue weighted by molar-refractivity contribution is -0.139. The molecule has 0 bridgehead atoms. The second-order valence-corrected chi connectivity index (χ2v) is 7.98. The van der Waals surface area contributed by atoms with Crippen molar-refractivity contribution in [2.45, 2.75) is 45.4 Å². The molecule has 0 spiro atoms. The Hall–Kier alpha value is -2.63. The third-order valence-corrected chi connectivity index (χ3v) is 5.72. The lowest BCUT2D eigenvalue weighted by Crippen LogP contribution is -2.44. The molecule has 2 heterocycles. The molecule has 6 nitrogen and oxygen atoms in total. The zero-order chi connectivity index (χ0) is 20.6. The average Bonchev–Trinajstić information content (AvgIpc) is 3.02. The molecular weight excluding hydrogens is 366 g/mol. The quantitative estimate of drug-likeness (QED) is 0.793. The Bertz CT molecular complexity index is 741. The molecule has 3 rings (SSSR count). The Morgan fingerprint density at radius 3 is 2.10 bits per heavy atom. The number of piperidine rings is 1. The van der Waals surface area contributed by atoms with Crippen LogP contribution in [0.2, 0.25) is 0 Å². The predicted octanol–water partition coefficient (Wildman–Crippen LogP) is 3.30. The van der Waals surface area contributed by atoms with Gasteiger partial charge in [-0.3, -0.25) is 14.4 Å². The van der Waals surface area contributed by atoms with Crippen molar-refractivity contribution in [3.8, 4) is 0 Å². The molecule has 0 aromatic heterocycles. The molecule has 6 heteroatoms. The summed E-state index contributed by atoms with van der Waals surface area (Å²) in [6, 6.07) is 7.35. The van der Waals surface area contributed by atoms with Crippen LogP contribution in [0, 0.1) is 5.92 Å². The van der Waals surface area contributed by atoms with Gasteiger partial charge in [-0.25, -0.2) is 0 Å². The van der Waals surface area contributed by atoms with Crippen molar-refractivity contribution >= 4 is 29.5 Å². The molecule has 1 aromatic carbocycles. The zero-order valence-electron chi connectivity index (χ0n) is 17.2. The summed E-state index contributed by atoms with van der Waals surface area (Å²) < 4.78 is 0. The lowest BCUT2D eigenvalue weighted by atomic mass is 9.95. The molecule has 0 unspecified atom stereocenters. The van der Waals surface area contributed by atoms with Gasteiger partial charge in [-0.2, -0.15) is 0 Å². The third-order valence-electron chi connectivity index (χ3n) is 5.72. The molecule has 2 saturated heterocycles. The minimum atomic E-state index is -0.110. The number of likely N-dealkylation sites (tertiary alicyclic amines) is 2. The molecule has 2 aliphatic heterocycles. The molecule has 1 aromatic rings. The normalized spacial score (nSPS) is 18.5. The molecule has 0 atom stereocenters. The van der Waals surface area contributed by atoms with Crippen molar-refractivity contribution in [3.05, 3.63) is 35.9 Å². The van der Waals surface area contributed by atoms with Crippen molar-refractivity contribution in [1.29, 1.82) is 0 Å². The summed E-state index contributed by atoms with van der Waals surface area (Å²) >= 11 is 0. The number of rotatable bonds is 4. The molecule has 2 fully saturated rings. The van der Waals surface area contributed by atoms with Crippen LogP contribution in [0.25, 0.3) is 6.08 Å². The van der Waals surface area contributed by atoms with E-state index >= 15 is 0 Å². The van der Waals surface area contributed by atoms with Crippen LogP contribution in [0.3, 0.4) is 0 Å². The first kappa shape index (κ1) is 21.1. The fraction of sp³-hybridized carbons (Fsp3) is 0.522. The summed E-state index contributed by atoms with van der Waals surface area (Å²) in [6.45, 7) is 4.52. The number of carbonyl (C=O) groups excluding carboxylic acids is 3. The number of hydrogen-bond acceptors (Lipinski definition) is 3. The number of anilines is 1. The van der Waals surface area contributed by atoms with E-state index in [0.717, 1.165) is 50.0 Å². The molecule has 1 N–H and O–H groups in total. The average molecular weight is 398 g/mol. The maximum Gasteiger partial charge on any atom is 0.246 e. The van der Waals surface area contributed by atoms with E-state index in [1.54, 1.807) is 12.2 Å². The Balaban J connectivity index is 1.47. The van der Waals surface area contributed by atoms with E-state index in [4.69, 9.17) is 0 Å². The molecule has 0 saturated carbocycles. The molecule has 156 valence electrons. The minimum absolute atomic E-state index is 0.0170. The van der Waals surface area contributed by atoms with Crippen molar-refractivity contribution < 1.29 is 14.4 Å². The summed E-state index contributed by atoms with van der Waals surface area (Å²) in [5.74, 6) is 0.217. The van der Waals surface area contributed by atoms with Gasteiger partial charge in [-0.05, 0) is 49.5 Å². The van der Waals surface area contributed by atoms with Gasteiger partial charge in [0, 0.05) is 50.8 Å². The number of benzene rings is 1. The third kappa shape index (κ3) is 6.17. The van der Waals surface area contributed by atoms with E-state index in [1.807, 2.05) is 34.1 Å². The second kappa shape index (κ2) is 10.2. The molecular formula is C23H31N3O3. The molecule has 0 radical (unpaired) electrons. The van der Waals surface area contributed by atoms with Gasteiger partial charge in [0.15, 0.2) is 0 Å². The van der Waals surface area contributed by atoms with Crippen LogP contribution in [-0.2, 0) is 14.4 Å². The van der Waals surface area contributed by atoms with Crippen molar-refractivity contribution in [1.82, 2.24) is 9.80 Å². The Labute approximate surface area is 172 Å². The van der Waals surface area contributed by atoms with Gasteiger partial charge in [0.25, 0.3) is 0 Å². The first-order valence-electron chi connectivity index (χ1n) is 10.7. The number of nitrogens with zero attached hydrogens (tertiary/aromatic N) is 2. The predicted molar refractivity (Wildman–Crippen MR) is 114 cm³/mol. The highest BCUT2D eigenvalue weighted by molar-refractivity contribution is 5.92. The highest BCUT2D eigenvalue weighted by Crippen LogP contribution is 2.22. The van der Waals surface area contributed by atoms with Gasteiger partial charge in [0.1, 0.15) is 0 Å². The Morgan fingerprint density at radius 2 is 1.52 bits per heavy atom. The number of nitrogens with one attached hydrogen (secondary N) is 1. The summed E-state index contributed by atoms with van der Waals surface area (Å²) in [5.41, 5.74) is 1.64. The van der Waals surface area contributed by atoms with Crippen LogP contribution in [0.15, 0.2) is 30.3 Å². The largest absolute Gasteiger partial charge is 0.342 e. The molecule has 3 amide bonds. The fourth-order valence-electron chi connectivity index (χ4n) is 4.05. The van der Waals surface area contributed by atoms with Crippen LogP contribution >= 0.6 is 0 Å². The summed E-state index contributed by atoms with van der Waals surface area (Å²) in [5, 5.41) is 2.72. The first-order chi connectivity index (χ1) is 14.0. The second-order valence-electron chi connectivity index (χ2n) is 7.98. The van der Waals surface area contributed by atoms with Crippen molar-refractivity contribution in [3.63, 3.8) is 0 Å². The molecule has 29 heavy (non-hydrogen) atoms. The standard InChI is InChI=1S/C23H31N3O3/c1-18(27)24-21-9-6-19(7-10-21)8-11-22(28)25-16-12-20(13-17-25)23(29)26-14-4-2-3-5-15-26/h6-11,20H,2-5,12-17H2,1H3,(H,24,27)/b11-8+. The van der Waals surface area contributed by atoms with Crippen molar-refractivity contribution in [2.24, 2.45) is 5.92 Å². The smallest absolute Gasteiger partial charge is 0.246 e. The highest BCUT2D eigenvalue weighted by atomic mass is 16.2.